The predicted molar refractivity (Wildman–Crippen MR) is 96.7 cm³/mol. The molecule has 7 heteroatoms. The molecule has 0 spiro atoms. The molecule has 2 heterocycles. The number of pyridine rings is 1. The summed E-state index contributed by atoms with van der Waals surface area (Å²) in [6.07, 6.45) is 2.39. The number of carbonyl (C=O) groups excluding carboxylic acids is 1. The van der Waals surface area contributed by atoms with E-state index >= 15 is 0 Å². The Hall–Kier alpha value is -2.86. The van der Waals surface area contributed by atoms with Crippen LogP contribution in [0.4, 0.5) is 0 Å². The van der Waals surface area contributed by atoms with Crippen LogP contribution in [-0.4, -0.2) is 27.2 Å². The zero-order valence-corrected chi connectivity index (χ0v) is 14.2. The monoisotopic (exact) mass is 356 g/mol. The molecule has 0 atom stereocenters. The molecule has 6 nitrogen and oxygen atoms in total. The highest BCUT2D eigenvalue weighted by atomic mass is 35.5. The van der Waals surface area contributed by atoms with E-state index in [-0.39, 0.29) is 11.5 Å². The number of hydrogen-bond acceptors (Lipinski definition) is 3. The van der Waals surface area contributed by atoms with Crippen LogP contribution < -0.4 is 10.9 Å². The fourth-order valence-electron chi connectivity index (χ4n) is 2.40. The van der Waals surface area contributed by atoms with Gasteiger partial charge in [0.2, 0.25) is 5.56 Å². The van der Waals surface area contributed by atoms with Crippen molar-refractivity contribution in [3.8, 4) is 11.3 Å². The fraction of sp³-hybridized carbons (Fsp3) is 0.167. The van der Waals surface area contributed by atoms with Crippen molar-refractivity contribution in [3.05, 3.63) is 75.8 Å². The third-order valence-electron chi connectivity index (χ3n) is 3.72. The van der Waals surface area contributed by atoms with Crippen LogP contribution in [0, 0.1) is 0 Å². The van der Waals surface area contributed by atoms with Gasteiger partial charge in [-0.05, 0) is 30.7 Å². The van der Waals surface area contributed by atoms with E-state index in [0.29, 0.717) is 35.9 Å². The smallest absolute Gasteiger partial charge is 0.269 e. The Balaban J connectivity index is 1.53. The summed E-state index contributed by atoms with van der Waals surface area (Å²) < 4.78 is 1.61. The topological polar surface area (TPSA) is 79.8 Å². The molecule has 0 aliphatic carbocycles. The van der Waals surface area contributed by atoms with Crippen molar-refractivity contribution in [1.82, 2.24) is 20.1 Å². The normalized spacial score (nSPS) is 10.6. The first-order chi connectivity index (χ1) is 12.1. The molecule has 0 aliphatic heterocycles. The van der Waals surface area contributed by atoms with Crippen LogP contribution in [0.2, 0.25) is 5.02 Å². The van der Waals surface area contributed by atoms with Crippen LogP contribution in [0.3, 0.4) is 0 Å². The van der Waals surface area contributed by atoms with Crippen molar-refractivity contribution in [2.75, 3.05) is 6.54 Å². The van der Waals surface area contributed by atoms with E-state index in [2.05, 4.69) is 15.5 Å². The van der Waals surface area contributed by atoms with Crippen molar-refractivity contribution in [1.29, 1.82) is 0 Å². The average Bonchev–Trinajstić information content (AvgIpc) is 3.11. The highest BCUT2D eigenvalue weighted by Crippen LogP contribution is 2.20. The maximum atomic E-state index is 12.1. The van der Waals surface area contributed by atoms with Crippen LogP contribution in [0.25, 0.3) is 11.3 Å². The molecule has 2 N–H and O–H groups in total. The predicted octanol–water partition coefficient (Wildman–Crippen LogP) is 2.71. The van der Waals surface area contributed by atoms with Crippen molar-refractivity contribution < 1.29 is 4.79 Å². The highest BCUT2D eigenvalue weighted by Gasteiger charge is 2.10. The number of halogens is 1. The van der Waals surface area contributed by atoms with Crippen LogP contribution in [0.5, 0.6) is 0 Å². The Kier molecular flexibility index (Phi) is 5.30. The Labute approximate surface area is 149 Å². The first-order valence-electron chi connectivity index (χ1n) is 7.88. The second-order valence-corrected chi connectivity index (χ2v) is 5.95. The Bertz CT molecular complexity index is 915. The molecule has 0 fully saturated rings. The summed E-state index contributed by atoms with van der Waals surface area (Å²) in [5.74, 6) is -0.229. The van der Waals surface area contributed by atoms with Gasteiger partial charge in [-0.2, -0.15) is 5.10 Å². The summed E-state index contributed by atoms with van der Waals surface area (Å²) in [5.41, 5.74) is 1.90. The van der Waals surface area contributed by atoms with Crippen LogP contribution in [0.1, 0.15) is 16.9 Å². The van der Waals surface area contributed by atoms with E-state index in [0.717, 1.165) is 5.56 Å². The third-order valence-corrected chi connectivity index (χ3v) is 3.97. The number of nitrogens with one attached hydrogen (secondary N) is 2. The number of benzene rings is 1. The van der Waals surface area contributed by atoms with Gasteiger partial charge in [-0.25, -0.2) is 0 Å². The number of aryl methyl sites for hydroxylation is 1. The van der Waals surface area contributed by atoms with Crippen LogP contribution >= 0.6 is 11.6 Å². The van der Waals surface area contributed by atoms with Crippen molar-refractivity contribution in [2.45, 2.75) is 13.0 Å². The minimum atomic E-state index is -0.229. The standard InChI is InChI=1S/C18H17ClN4O2/c19-14-7-5-13(6-8-14)15-12-16(22-21-15)18(25)20-9-3-11-23-10-2-1-4-17(23)24/h1-2,4-8,10,12H,3,9,11H2,(H,20,25)(H,21,22). The number of rotatable bonds is 6. The number of aromatic amines is 1. The van der Waals surface area contributed by atoms with E-state index in [1.165, 1.54) is 6.07 Å². The van der Waals surface area contributed by atoms with E-state index in [4.69, 9.17) is 11.6 Å². The number of H-pyrrole nitrogens is 1. The molecule has 3 rings (SSSR count). The van der Waals surface area contributed by atoms with Gasteiger partial charge in [-0.3, -0.25) is 14.7 Å². The van der Waals surface area contributed by atoms with E-state index in [1.807, 2.05) is 18.2 Å². The highest BCUT2D eigenvalue weighted by molar-refractivity contribution is 6.30. The zero-order chi connectivity index (χ0) is 17.6. The van der Waals surface area contributed by atoms with Gasteiger partial charge in [-0.15, -0.1) is 0 Å². The zero-order valence-electron chi connectivity index (χ0n) is 13.4. The second-order valence-electron chi connectivity index (χ2n) is 5.52. The lowest BCUT2D eigenvalue weighted by Crippen LogP contribution is -2.27. The molecular formula is C18H17ClN4O2. The summed E-state index contributed by atoms with van der Waals surface area (Å²) in [7, 11) is 0. The minimum absolute atomic E-state index is 0.0463. The molecule has 1 aromatic carbocycles. The number of nitrogens with zero attached hydrogens (tertiary/aromatic N) is 2. The molecule has 25 heavy (non-hydrogen) atoms. The lowest BCUT2D eigenvalue weighted by molar-refractivity contribution is 0.0947. The number of amides is 1. The van der Waals surface area contributed by atoms with Gasteiger partial charge in [0.05, 0.1) is 5.69 Å². The maximum absolute atomic E-state index is 12.1. The van der Waals surface area contributed by atoms with Crippen LogP contribution in [-0.2, 0) is 6.54 Å². The molecule has 0 bridgehead atoms. The van der Waals surface area contributed by atoms with E-state index in [9.17, 15) is 9.59 Å². The lowest BCUT2D eigenvalue weighted by atomic mass is 10.1. The van der Waals surface area contributed by atoms with Gasteiger partial charge >= 0.3 is 0 Å². The van der Waals surface area contributed by atoms with Crippen molar-refractivity contribution in [3.63, 3.8) is 0 Å². The fourth-order valence-corrected chi connectivity index (χ4v) is 2.52. The summed E-state index contributed by atoms with van der Waals surface area (Å²) in [5, 5.41) is 10.4. The third kappa shape index (κ3) is 4.36. The summed E-state index contributed by atoms with van der Waals surface area (Å²) in [4.78, 5) is 23.7. The first kappa shape index (κ1) is 17.0. The number of aromatic nitrogens is 3. The molecule has 128 valence electrons. The second kappa shape index (κ2) is 7.81. The van der Waals surface area contributed by atoms with Gasteiger partial charge in [-0.1, -0.05) is 29.8 Å². The Morgan fingerprint density at radius 3 is 2.76 bits per heavy atom. The van der Waals surface area contributed by atoms with Gasteiger partial charge in [0.25, 0.3) is 5.91 Å². The number of carbonyl (C=O) groups is 1. The SMILES string of the molecule is O=C(NCCCn1ccccc1=O)c1cc(-c2ccc(Cl)cc2)n[nH]1. The summed E-state index contributed by atoms with van der Waals surface area (Å²) in [6, 6.07) is 14.0. The first-order valence-corrected chi connectivity index (χ1v) is 8.26. The average molecular weight is 357 g/mol. The molecule has 0 aliphatic rings. The van der Waals surface area contributed by atoms with Gasteiger partial charge in [0.15, 0.2) is 0 Å². The van der Waals surface area contributed by atoms with Gasteiger partial charge in [0, 0.05) is 35.9 Å². The molecule has 2 aromatic heterocycles. The van der Waals surface area contributed by atoms with E-state index in [1.54, 1.807) is 35.0 Å². The van der Waals surface area contributed by atoms with Crippen molar-refractivity contribution in [2.24, 2.45) is 0 Å². The van der Waals surface area contributed by atoms with Crippen molar-refractivity contribution >= 4 is 17.5 Å². The van der Waals surface area contributed by atoms with Crippen LogP contribution in [0.15, 0.2) is 59.5 Å². The lowest BCUT2D eigenvalue weighted by Gasteiger charge is -2.05. The molecule has 3 aromatic rings. The summed E-state index contributed by atoms with van der Waals surface area (Å²) in [6.45, 7) is 1.02. The molecule has 0 radical (unpaired) electrons. The van der Waals surface area contributed by atoms with Gasteiger partial charge in [0.1, 0.15) is 5.69 Å². The molecule has 0 saturated heterocycles. The largest absolute Gasteiger partial charge is 0.351 e. The molecular weight excluding hydrogens is 340 g/mol. The minimum Gasteiger partial charge on any atom is -0.351 e. The Morgan fingerprint density at radius 2 is 2.00 bits per heavy atom. The maximum Gasteiger partial charge on any atom is 0.269 e. The molecule has 0 saturated carbocycles. The molecule has 1 amide bonds. The Morgan fingerprint density at radius 1 is 1.20 bits per heavy atom. The molecule has 0 unspecified atom stereocenters. The summed E-state index contributed by atoms with van der Waals surface area (Å²) >= 11 is 5.87. The quantitative estimate of drug-likeness (QED) is 0.666. The van der Waals surface area contributed by atoms with Gasteiger partial charge < -0.3 is 9.88 Å². The van der Waals surface area contributed by atoms with E-state index < -0.39 is 0 Å². The number of hydrogen-bond donors (Lipinski definition) is 2.